The zero-order valence-corrected chi connectivity index (χ0v) is 18.9. The fraction of sp³-hybridized carbons (Fsp3) is 0.417. The number of phenolic OH excluding ortho intramolecular Hbond substituents is 1. The molecular weight excluding hydrogens is 442 g/mol. The zero-order valence-electron chi connectivity index (χ0n) is 18.9. The van der Waals surface area contributed by atoms with Crippen LogP contribution in [0.15, 0.2) is 36.5 Å². The van der Waals surface area contributed by atoms with E-state index in [1.165, 1.54) is 19.2 Å². The summed E-state index contributed by atoms with van der Waals surface area (Å²) in [5.74, 6) is 0.0915. The van der Waals surface area contributed by atoms with Gasteiger partial charge >= 0.3 is 0 Å². The molecule has 178 valence electrons. The van der Waals surface area contributed by atoms with Crippen molar-refractivity contribution >= 4 is 5.82 Å². The summed E-state index contributed by atoms with van der Waals surface area (Å²) < 4.78 is 33.8. The van der Waals surface area contributed by atoms with Gasteiger partial charge in [0.25, 0.3) is 0 Å². The molecular formula is C24H26F2N6O2. The van der Waals surface area contributed by atoms with Crippen molar-refractivity contribution in [1.29, 1.82) is 0 Å². The average molecular weight is 469 g/mol. The second-order valence-corrected chi connectivity index (χ2v) is 8.85. The summed E-state index contributed by atoms with van der Waals surface area (Å²) >= 11 is 0. The molecule has 8 nitrogen and oxygen atoms in total. The molecule has 2 fully saturated rings. The maximum Gasteiger partial charge on any atom is 0.216 e. The molecule has 1 aromatic carbocycles. The first-order valence-electron chi connectivity index (χ1n) is 11.3. The Bertz CT molecular complexity index is 1180. The van der Waals surface area contributed by atoms with Gasteiger partial charge in [-0.25, -0.2) is 9.37 Å². The van der Waals surface area contributed by atoms with Gasteiger partial charge in [-0.15, -0.1) is 10.2 Å². The highest BCUT2D eigenvalue weighted by atomic mass is 19.1. The molecule has 0 radical (unpaired) electrons. The lowest BCUT2D eigenvalue weighted by molar-refractivity contribution is 0.107. The molecule has 2 saturated heterocycles. The van der Waals surface area contributed by atoms with Crippen molar-refractivity contribution < 1.29 is 18.6 Å². The quantitative estimate of drug-likeness (QED) is 0.550. The van der Waals surface area contributed by atoms with E-state index in [9.17, 15) is 9.50 Å². The molecule has 5 rings (SSSR count). The highest BCUT2D eigenvalue weighted by molar-refractivity contribution is 5.73. The second kappa shape index (κ2) is 9.09. The van der Waals surface area contributed by atoms with Crippen molar-refractivity contribution in [2.45, 2.75) is 50.0 Å². The smallest absolute Gasteiger partial charge is 0.216 e. The Morgan fingerprint density at radius 2 is 2.00 bits per heavy atom. The molecule has 0 saturated carbocycles. The van der Waals surface area contributed by atoms with Gasteiger partial charge in [-0.05, 0) is 42.5 Å². The van der Waals surface area contributed by atoms with Crippen molar-refractivity contribution in [2.75, 3.05) is 19.1 Å². The second-order valence-electron chi connectivity index (χ2n) is 8.85. The number of hydrogen-bond acceptors (Lipinski definition) is 8. The maximum absolute atomic E-state index is 15.1. The van der Waals surface area contributed by atoms with Crippen LogP contribution in [0.1, 0.15) is 25.7 Å². The first kappa shape index (κ1) is 22.4. The lowest BCUT2D eigenvalue weighted by Gasteiger charge is -2.45. The molecule has 0 spiro atoms. The number of hydrogen-bond donors (Lipinski definition) is 2. The van der Waals surface area contributed by atoms with E-state index in [2.05, 4.69) is 25.5 Å². The van der Waals surface area contributed by atoms with Gasteiger partial charge in [-0.2, -0.15) is 9.37 Å². The fourth-order valence-electron chi connectivity index (χ4n) is 4.92. The predicted octanol–water partition coefficient (Wildman–Crippen LogP) is 3.51. The van der Waals surface area contributed by atoms with Crippen LogP contribution < -0.4 is 15.0 Å². The number of nitrogens with one attached hydrogen (secondary N) is 1. The van der Waals surface area contributed by atoms with Crippen molar-refractivity contribution in [2.24, 2.45) is 0 Å². The lowest BCUT2D eigenvalue weighted by atomic mass is 9.82. The Kier molecular flexibility index (Phi) is 5.99. The third-order valence-corrected chi connectivity index (χ3v) is 6.76. The summed E-state index contributed by atoms with van der Waals surface area (Å²) in [5, 5.41) is 22.4. The predicted molar refractivity (Wildman–Crippen MR) is 123 cm³/mol. The zero-order chi connectivity index (χ0) is 23.8. The largest absolute Gasteiger partial charge is 0.507 e. The van der Waals surface area contributed by atoms with Crippen molar-refractivity contribution in [3.05, 3.63) is 42.5 Å². The van der Waals surface area contributed by atoms with Gasteiger partial charge in [0.05, 0.1) is 24.9 Å². The van der Waals surface area contributed by atoms with Gasteiger partial charge in [0.1, 0.15) is 11.9 Å². The van der Waals surface area contributed by atoms with Crippen molar-refractivity contribution in [3.8, 4) is 34.1 Å². The van der Waals surface area contributed by atoms with E-state index < -0.39 is 12.1 Å². The number of pyridine rings is 1. The normalized spacial score (nSPS) is 24.0. The van der Waals surface area contributed by atoms with Crippen LogP contribution >= 0.6 is 0 Å². The van der Waals surface area contributed by atoms with Gasteiger partial charge in [-0.1, -0.05) is 12.5 Å². The molecule has 4 heterocycles. The van der Waals surface area contributed by atoms with Crippen molar-refractivity contribution in [3.63, 3.8) is 0 Å². The van der Waals surface area contributed by atoms with Crippen LogP contribution in [0.4, 0.5) is 14.6 Å². The van der Waals surface area contributed by atoms with E-state index in [0.29, 0.717) is 35.0 Å². The first-order chi connectivity index (χ1) is 16.4. The van der Waals surface area contributed by atoms with Gasteiger partial charge < -0.3 is 20.1 Å². The van der Waals surface area contributed by atoms with Crippen LogP contribution in [0.5, 0.6) is 11.6 Å². The number of halogens is 2. The highest BCUT2D eigenvalue weighted by Crippen LogP contribution is 2.34. The number of fused-ring (bicyclic) bond motifs is 2. The Labute approximate surface area is 196 Å². The molecule has 0 unspecified atom stereocenters. The molecule has 3 aromatic rings. The number of benzene rings is 1. The van der Waals surface area contributed by atoms with Gasteiger partial charge in [-0.3, -0.25) is 0 Å². The summed E-state index contributed by atoms with van der Waals surface area (Å²) in [6, 6.07) is 7.60. The van der Waals surface area contributed by atoms with E-state index >= 15 is 4.39 Å². The number of methoxy groups -OCH3 is 1. The first-order valence-corrected chi connectivity index (χ1v) is 11.3. The summed E-state index contributed by atoms with van der Waals surface area (Å²) in [6.07, 6.45) is 4.23. The van der Waals surface area contributed by atoms with Crippen LogP contribution in [0.25, 0.3) is 22.5 Å². The third kappa shape index (κ3) is 4.25. The topological polar surface area (TPSA) is 96.3 Å². The number of rotatable bonds is 5. The minimum absolute atomic E-state index is 0.0772. The maximum atomic E-state index is 15.1. The van der Waals surface area contributed by atoms with Gasteiger partial charge in [0.2, 0.25) is 11.8 Å². The molecule has 0 amide bonds. The third-order valence-electron chi connectivity index (χ3n) is 6.76. The van der Waals surface area contributed by atoms with Crippen LogP contribution in [-0.2, 0) is 0 Å². The van der Waals surface area contributed by atoms with E-state index in [-0.39, 0.29) is 29.5 Å². The number of aromatic hydroxyl groups is 1. The SMILES string of the molecule is COc1cc(-c2ccc(-c3ncc(N(C)[C@@H]4C[C@H]5CCC[C@@H](N5)[C@@H]4F)nn3)c(O)c2)cc(F)n1. The molecule has 2 aromatic heterocycles. The molecule has 0 aliphatic carbocycles. The molecule has 2 N–H and O–H groups in total. The molecule has 2 bridgehead atoms. The fourth-order valence-corrected chi connectivity index (χ4v) is 4.92. The highest BCUT2D eigenvalue weighted by Gasteiger charge is 2.42. The van der Waals surface area contributed by atoms with E-state index in [1.54, 1.807) is 24.4 Å². The molecule has 2 aliphatic rings. The summed E-state index contributed by atoms with van der Waals surface area (Å²) in [7, 11) is 3.22. The van der Waals surface area contributed by atoms with E-state index in [4.69, 9.17) is 4.74 Å². The molecule has 4 atom stereocenters. The Hall–Kier alpha value is -3.40. The monoisotopic (exact) mass is 468 g/mol. The number of piperidine rings is 2. The Morgan fingerprint density at radius 3 is 2.74 bits per heavy atom. The average Bonchev–Trinajstić information content (AvgIpc) is 2.85. The minimum Gasteiger partial charge on any atom is -0.507 e. The van der Waals surface area contributed by atoms with Crippen molar-refractivity contribution in [1.82, 2.24) is 25.5 Å². The van der Waals surface area contributed by atoms with Crippen LogP contribution in [0.2, 0.25) is 0 Å². The number of aromatic nitrogens is 4. The summed E-state index contributed by atoms with van der Waals surface area (Å²) in [5.41, 5.74) is 1.47. The molecule has 2 aliphatic heterocycles. The van der Waals surface area contributed by atoms with Crippen LogP contribution in [-0.4, -0.2) is 63.7 Å². The number of alkyl halides is 1. The van der Waals surface area contributed by atoms with Gasteiger partial charge in [0, 0.05) is 31.3 Å². The number of phenols is 1. The van der Waals surface area contributed by atoms with E-state index in [1.807, 2.05) is 11.9 Å². The number of ether oxygens (including phenoxy) is 1. The standard InChI is InChI=1S/C24H26F2N6O2/c1-32(18-11-15-4-3-5-17(28-15)23(18)26)21-12-27-24(31-30-21)16-7-6-13(8-19(16)33)14-9-20(25)29-22(10-14)34-2/h6-10,12,15,17-18,23,28,33H,3-5,11H2,1-2H3/t15-,17-,18-,23+/m1/s1. The lowest BCUT2D eigenvalue weighted by Crippen LogP contribution is -2.61. The molecule has 34 heavy (non-hydrogen) atoms. The van der Waals surface area contributed by atoms with E-state index in [0.717, 1.165) is 19.3 Å². The van der Waals surface area contributed by atoms with Crippen LogP contribution in [0.3, 0.4) is 0 Å². The summed E-state index contributed by atoms with van der Waals surface area (Å²) in [6.45, 7) is 0. The number of nitrogens with zero attached hydrogens (tertiary/aromatic N) is 5. The Balaban J connectivity index is 1.36. The Morgan fingerprint density at radius 1 is 1.15 bits per heavy atom. The van der Waals surface area contributed by atoms with Crippen LogP contribution in [0, 0.1) is 5.95 Å². The molecule has 10 heteroatoms. The number of anilines is 1. The minimum atomic E-state index is -0.990. The summed E-state index contributed by atoms with van der Waals surface area (Å²) in [4.78, 5) is 9.81. The van der Waals surface area contributed by atoms with Gasteiger partial charge in [0.15, 0.2) is 11.6 Å².